The maximum absolute atomic E-state index is 13.1. The molecule has 1 aliphatic rings. The van der Waals surface area contributed by atoms with E-state index < -0.39 is 6.03 Å². The van der Waals surface area contributed by atoms with Crippen LogP contribution in [0.5, 0.6) is 17.2 Å². The molecule has 8 nitrogen and oxygen atoms in total. The lowest BCUT2D eigenvalue weighted by atomic mass is 10.0. The number of urea groups is 1. The Balaban J connectivity index is 1.13. The van der Waals surface area contributed by atoms with Crippen molar-refractivity contribution < 1.29 is 19.1 Å². The van der Waals surface area contributed by atoms with Crippen LogP contribution in [0.2, 0.25) is 0 Å². The molecule has 3 N–H and O–H groups in total. The topological polar surface area (TPSA) is 91.9 Å². The first-order valence-electron chi connectivity index (χ1n) is 13.7. The van der Waals surface area contributed by atoms with Gasteiger partial charge in [-0.3, -0.25) is 9.69 Å². The van der Waals surface area contributed by atoms with Crippen molar-refractivity contribution in [1.29, 1.82) is 0 Å². The number of likely N-dealkylation sites (tertiary alicyclic amines) is 1. The Morgan fingerprint density at radius 3 is 2.15 bits per heavy atom. The Morgan fingerprint density at radius 2 is 1.44 bits per heavy atom. The average molecular weight is 551 g/mol. The molecule has 0 aromatic heterocycles. The highest BCUT2D eigenvalue weighted by Gasteiger charge is 2.23. The van der Waals surface area contributed by atoms with E-state index in [1.807, 2.05) is 42.5 Å². The minimum Gasteiger partial charge on any atom is -0.496 e. The van der Waals surface area contributed by atoms with E-state index in [0.717, 1.165) is 32.5 Å². The molecule has 0 radical (unpaired) electrons. The van der Waals surface area contributed by atoms with Gasteiger partial charge in [0, 0.05) is 49.2 Å². The predicted octanol–water partition coefficient (Wildman–Crippen LogP) is 6.53. The van der Waals surface area contributed by atoms with E-state index in [9.17, 15) is 9.59 Å². The third kappa shape index (κ3) is 7.86. The van der Waals surface area contributed by atoms with E-state index in [4.69, 9.17) is 9.47 Å². The average Bonchev–Trinajstić information content (AvgIpc) is 2.99. The van der Waals surface area contributed by atoms with Crippen LogP contribution < -0.4 is 25.4 Å². The zero-order valence-electron chi connectivity index (χ0n) is 23.0. The van der Waals surface area contributed by atoms with Crippen molar-refractivity contribution >= 4 is 23.3 Å². The summed E-state index contributed by atoms with van der Waals surface area (Å²) in [7, 11) is 1.51. The Morgan fingerprint density at radius 1 is 0.780 bits per heavy atom. The number of hydrogen-bond acceptors (Lipinski definition) is 5. The van der Waals surface area contributed by atoms with Crippen LogP contribution in [0.25, 0.3) is 0 Å². The smallest absolute Gasteiger partial charge is 0.323 e. The number of nitrogens with zero attached hydrogens (tertiary/aromatic N) is 1. The van der Waals surface area contributed by atoms with Gasteiger partial charge in [0.25, 0.3) is 5.91 Å². The van der Waals surface area contributed by atoms with E-state index in [0.29, 0.717) is 34.2 Å². The van der Waals surface area contributed by atoms with E-state index in [2.05, 4.69) is 45.1 Å². The maximum atomic E-state index is 13.1. The van der Waals surface area contributed by atoms with Crippen molar-refractivity contribution in [3.8, 4) is 17.2 Å². The molecule has 3 amide bonds. The summed E-state index contributed by atoms with van der Waals surface area (Å²) < 4.78 is 11.3. The number of methoxy groups -OCH3 is 1. The number of carbonyl (C=O) groups is 2. The summed E-state index contributed by atoms with van der Waals surface area (Å²) in [6, 6.07) is 31.7. The normalized spacial score (nSPS) is 13.7. The van der Waals surface area contributed by atoms with E-state index in [1.165, 1.54) is 12.7 Å². The summed E-state index contributed by atoms with van der Waals surface area (Å²) in [5, 5.41) is 8.76. The van der Waals surface area contributed by atoms with Gasteiger partial charge in [0.15, 0.2) is 0 Å². The second kappa shape index (κ2) is 13.5. The SMILES string of the molecule is COc1cc(NC(=O)Nc2cccc(Oc3ccccc3)c2)ccc1C(=O)NC1CCN(Cc2ccccc2)CC1. The van der Waals surface area contributed by atoms with Crippen LogP contribution in [0, 0.1) is 0 Å². The fraction of sp³-hybridized carbons (Fsp3) is 0.212. The summed E-state index contributed by atoms with van der Waals surface area (Å²) >= 11 is 0. The van der Waals surface area contributed by atoms with E-state index in [1.54, 1.807) is 36.4 Å². The lowest BCUT2D eigenvalue weighted by Crippen LogP contribution is -2.44. The number of nitrogens with one attached hydrogen (secondary N) is 3. The Kier molecular flexibility index (Phi) is 9.13. The van der Waals surface area contributed by atoms with Crippen molar-refractivity contribution in [3.63, 3.8) is 0 Å². The molecule has 8 heteroatoms. The zero-order valence-corrected chi connectivity index (χ0v) is 23.0. The van der Waals surface area contributed by atoms with Crippen molar-refractivity contribution in [2.75, 3.05) is 30.8 Å². The molecule has 41 heavy (non-hydrogen) atoms. The van der Waals surface area contributed by atoms with Crippen molar-refractivity contribution in [1.82, 2.24) is 10.2 Å². The molecule has 4 aromatic rings. The largest absolute Gasteiger partial charge is 0.496 e. The monoisotopic (exact) mass is 550 g/mol. The fourth-order valence-corrected chi connectivity index (χ4v) is 4.85. The third-order valence-corrected chi connectivity index (χ3v) is 6.95. The molecule has 0 spiro atoms. The molecule has 0 bridgehead atoms. The summed E-state index contributed by atoms with van der Waals surface area (Å²) in [5.74, 6) is 1.52. The fourth-order valence-electron chi connectivity index (χ4n) is 4.85. The number of piperidine rings is 1. The molecule has 0 aliphatic carbocycles. The molecular weight excluding hydrogens is 516 g/mol. The van der Waals surface area contributed by atoms with Gasteiger partial charge < -0.3 is 25.4 Å². The van der Waals surface area contributed by atoms with Crippen LogP contribution in [-0.4, -0.2) is 43.1 Å². The molecule has 5 rings (SSSR count). The summed E-state index contributed by atoms with van der Waals surface area (Å²) in [6.07, 6.45) is 1.77. The quantitative estimate of drug-likeness (QED) is 0.221. The van der Waals surface area contributed by atoms with Gasteiger partial charge >= 0.3 is 6.03 Å². The van der Waals surface area contributed by atoms with Gasteiger partial charge in [-0.05, 0) is 54.8 Å². The molecule has 0 saturated carbocycles. The number of benzene rings is 4. The molecule has 1 fully saturated rings. The minimum absolute atomic E-state index is 0.101. The van der Waals surface area contributed by atoms with Gasteiger partial charge in [-0.2, -0.15) is 0 Å². The number of para-hydroxylation sites is 1. The van der Waals surface area contributed by atoms with Gasteiger partial charge in [0.2, 0.25) is 0 Å². The number of amides is 3. The minimum atomic E-state index is -0.427. The van der Waals surface area contributed by atoms with Crippen LogP contribution in [0.1, 0.15) is 28.8 Å². The number of carbonyl (C=O) groups excluding carboxylic acids is 2. The molecule has 4 aromatic carbocycles. The second-order valence-corrected chi connectivity index (χ2v) is 9.95. The predicted molar refractivity (Wildman–Crippen MR) is 161 cm³/mol. The molecule has 1 saturated heterocycles. The highest BCUT2D eigenvalue weighted by molar-refractivity contribution is 6.01. The van der Waals surface area contributed by atoms with Gasteiger partial charge in [0.05, 0.1) is 12.7 Å². The number of hydrogen-bond donors (Lipinski definition) is 3. The van der Waals surface area contributed by atoms with Crippen molar-refractivity contribution in [3.05, 3.63) is 114 Å². The number of rotatable bonds is 9. The molecular formula is C33H34N4O4. The van der Waals surface area contributed by atoms with Crippen LogP contribution in [0.3, 0.4) is 0 Å². The van der Waals surface area contributed by atoms with Gasteiger partial charge in [-0.15, -0.1) is 0 Å². The first kappa shape index (κ1) is 27.7. The van der Waals surface area contributed by atoms with Crippen molar-refractivity contribution in [2.24, 2.45) is 0 Å². The Labute approximate surface area is 240 Å². The van der Waals surface area contributed by atoms with Crippen LogP contribution >= 0.6 is 0 Å². The van der Waals surface area contributed by atoms with Gasteiger partial charge in [-0.25, -0.2) is 4.79 Å². The van der Waals surface area contributed by atoms with E-state index >= 15 is 0 Å². The van der Waals surface area contributed by atoms with Crippen LogP contribution in [-0.2, 0) is 6.54 Å². The third-order valence-electron chi connectivity index (χ3n) is 6.95. The summed E-state index contributed by atoms with van der Waals surface area (Å²) in [5.41, 5.74) is 2.80. The first-order valence-corrected chi connectivity index (χ1v) is 13.7. The molecule has 1 aliphatic heterocycles. The van der Waals surface area contributed by atoms with Crippen LogP contribution in [0.15, 0.2) is 103 Å². The lowest BCUT2D eigenvalue weighted by molar-refractivity contribution is 0.0906. The van der Waals surface area contributed by atoms with Gasteiger partial charge in [0.1, 0.15) is 17.2 Å². The molecule has 0 unspecified atom stereocenters. The van der Waals surface area contributed by atoms with Crippen molar-refractivity contribution in [2.45, 2.75) is 25.4 Å². The molecule has 210 valence electrons. The number of ether oxygens (including phenoxy) is 2. The first-order chi connectivity index (χ1) is 20.1. The highest BCUT2D eigenvalue weighted by atomic mass is 16.5. The molecule has 0 atom stereocenters. The summed E-state index contributed by atoms with van der Waals surface area (Å²) in [6.45, 7) is 2.77. The van der Waals surface area contributed by atoms with E-state index in [-0.39, 0.29) is 11.9 Å². The van der Waals surface area contributed by atoms with Gasteiger partial charge in [-0.1, -0.05) is 54.6 Å². The Hall–Kier alpha value is -4.82. The number of anilines is 2. The van der Waals surface area contributed by atoms with Crippen LogP contribution in [0.4, 0.5) is 16.2 Å². The zero-order chi connectivity index (χ0) is 28.4. The highest BCUT2D eigenvalue weighted by Crippen LogP contribution is 2.26. The Bertz CT molecular complexity index is 1450. The summed E-state index contributed by atoms with van der Waals surface area (Å²) in [4.78, 5) is 28.2. The second-order valence-electron chi connectivity index (χ2n) is 9.95. The maximum Gasteiger partial charge on any atom is 0.323 e. The standard InChI is InChI=1S/C33H34N4O4/c1-40-31-22-27(36-33(39)35-26-11-8-14-29(21-26)41-28-12-6-3-7-13-28)15-16-30(31)32(38)34-25-17-19-37(20-18-25)23-24-9-4-2-5-10-24/h2-16,21-22,25H,17-20,23H2,1H3,(H,34,38)(H2,35,36,39). The lowest BCUT2D eigenvalue weighted by Gasteiger charge is -2.32. The molecule has 1 heterocycles.